The molecule has 13 heteroatoms. The number of carboxylic acids is 1. The summed E-state index contributed by atoms with van der Waals surface area (Å²) in [6, 6.07) is 19.8. The van der Waals surface area contributed by atoms with E-state index in [4.69, 9.17) is 48.7 Å². The highest BCUT2D eigenvalue weighted by Gasteiger charge is 2.15. The van der Waals surface area contributed by atoms with Gasteiger partial charge in [-0.2, -0.15) is 10.5 Å². The van der Waals surface area contributed by atoms with Gasteiger partial charge in [0.25, 0.3) is 0 Å². The minimum atomic E-state index is -1.06. The number of aromatic carboxylic acids is 1. The van der Waals surface area contributed by atoms with Crippen LogP contribution in [0.25, 0.3) is 0 Å². The summed E-state index contributed by atoms with van der Waals surface area (Å²) >= 11 is 9.53. The van der Waals surface area contributed by atoms with Crippen LogP contribution in [0.2, 0.25) is 0 Å². The molecule has 0 aromatic heterocycles. The first-order valence-corrected chi connectivity index (χ1v) is 18.1. The Kier molecular flexibility index (Phi) is 25.7. The average Bonchev–Trinajstić information content (AvgIpc) is 3.14. The van der Waals surface area contributed by atoms with Gasteiger partial charge < -0.3 is 14.9 Å². The van der Waals surface area contributed by atoms with Crippen LogP contribution in [0.4, 0.5) is 17.6 Å². The van der Waals surface area contributed by atoms with Crippen LogP contribution >= 0.6 is 23.2 Å². The fourth-order valence-corrected chi connectivity index (χ4v) is 4.33. The van der Waals surface area contributed by atoms with Crippen molar-refractivity contribution in [3.63, 3.8) is 0 Å². The van der Waals surface area contributed by atoms with Gasteiger partial charge in [-0.15, -0.1) is 23.2 Å². The largest absolute Gasteiger partial charge is 0.508 e. The van der Waals surface area contributed by atoms with Gasteiger partial charge in [0.05, 0.1) is 16.5 Å². The van der Waals surface area contributed by atoms with Crippen molar-refractivity contribution >= 4 is 35.1 Å². The van der Waals surface area contributed by atoms with Crippen LogP contribution in [-0.4, -0.2) is 27.5 Å². The molecule has 0 saturated heterocycles. The van der Waals surface area contributed by atoms with Crippen LogP contribution in [0.5, 0.6) is 11.5 Å². The van der Waals surface area contributed by atoms with E-state index in [1.54, 1.807) is 24.3 Å². The van der Waals surface area contributed by atoms with Gasteiger partial charge >= 0.3 is 11.9 Å². The highest BCUT2D eigenvalue weighted by Crippen LogP contribution is 2.22. The minimum absolute atomic E-state index is 0.194. The summed E-state index contributed by atoms with van der Waals surface area (Å²) in [6.45, 7) is 8.31. The highest BCUT2D eigenvalue weighted by atomic mass is 35.5. The van der Waals surface area contributed by atoms with Gasteiger partial charge in [0.2, 0.25) is 0 Å². The molecule has 0 saturated carbocycles. The van der Waals surface area contributed by atoms with Crippen LogP contribution in [0.15, 0.2) is 72.8 Å². The molecule has 4 aromatic rings. The van der Waals surface area contributed by atoms with E-state index >= 15 is 0 Å². The molecule has 4 aromatic carbocycles. The molecule has 7 nitrogen and oxygen atoms in total. The normalized spacial score (nSPS) is 9.48. The lowest BCUT2D eigenvalue weighted by Crippen LogP contribution is -2.09. The lowest BCUT2D eigenvalue weighted by atomic mass is 10.1. The number of aryl methyl sites for hydroxylation is 2. The van der Waals surface area contributed by atoms with Crippen molar-refractivity contribution in [3.8, 4) is 23.6 Å². The maximum absolute atomic E-state index is 13.5. The van der Waals surface area contributed by atoms with E-state index in [-0.39, 0.29) is 11.1 Å². The second-order valence-electron chi connectivity index (χ2n) is 10.9. The van der Waals surface area contributed by atoms with Crippen LogP contribution in [-0.2, 0) is 12.8 Å². The number of phenolic OH excluding ortho intramolecular Hbond substituents is 1. The van der Waals surface area contributed by atoms with Crippen molar-refractivity contribution in [2.24, 2.45) is 0 Å². The molecule has 54 heavy (non-hydrogen) atoms. The molecule has 0 heterocycles. The summed E-state index contributed by atoms with van der Waals surface area (Å²) < 4.78 is 57.0. The third kappa shape index (κ3) is 18.6. The number of hydrogen-bond donors (Lipinski definition) is 2. The number of phenols is 1. The van der Waals surface area contributed by atoms with E-state index in [0.29, 0.717) is 23.3 Å². The van der Waals surface area contributed by atoms with Crippen molar-refractivity contribution in [3.05, 3.63) is 129 Å². The van der Waals surface area contributed by atoms with E-state index < -0.39 is 52.1 Å². The Morgan fingerprint density at radius 3 is 1.35 bits per heavy atom. The number of unbranched alkanes of at least 4 members (excludes halogenated alkanes) is 4. The summed E-state index contributed by atoms with van der Waals surface area (Å²) in [5.41, 5.74) is 1.62. The zero-order valence-corrected chi connectivity index (χ0v) is 32.1. The molecular weight excluding hydrogens is 747 g/mol. The Bertz CT molecular complexity index is 1760. The molecule has 0 unspecified atom stereocenters. The molecule has 0 radical (unpaired) electrons. The summed E-state index contributed by atoms with van der Waals surface area (Å²) in [5, 5.41) is 34.3. The van der Waals surface area contributed by atoms with Crippen LogP contribution < -0.4 is 4.74 Å². The number of rotatable bonds is 11. The lowest BCUT2D eigenvalue weighted by molar-refractivity contribution is 0.0694. The summed E-state index contributed by atoms with van der Waals surface area (Å²) in [5.74, 6) is -6.60. The molecule has 0 aliphatic carbocycles. The first-order valence-electron chi connectivity index (χ1n) is 17.1. The molecule has 0 aliphatic rings. The van der Waals surface area contributed by atoms with Gasteiger partial charge in [-0.25, -0.2) is 27.2 Å². The number of aromatic hydroxyl groups is 1. The molecule has 4 rings (SSSR count). The number of hydrogen-bond acceptors (Lipinski definition) is 6. The van der Waals surface area contributed by atoms with Crippen molar-refractivity contribution in [1.82, 2.24) is 0 Å². The van der Waals surface area contributed by atoms with Crippen molar-refractivity contribution in [2.75, 3.05) is 5.34 Å². The minimum Gasteiger partial charge on any atom is -0.508 e. The fraction of sp³-hybridized carbons (Fsp3) is 0.317. The van der Waals surface area contributed by atoms with Gasteiger partial charge in [-0.05, 0) is 61.1 Å². The van der Waals surface area contributed by atoms with Crippen molar-refractivity contribution < 1.29 is 42.1 Å². The number of benzene rings is 4. The van der Waals surface area contributed by atoms with E-state index in [0.717, 1.165) is 49.8 Å². The van der Waals surface area contributed by atoms with E-state index in [1.165, 1.54) is 37.0 Å². The SMILES string of the molecule is CC.CCCCCc1ccc(C(=O)O)cc1.CCCCCc1ccc(C(=O)Oc2cc(F)c(C#N)c(F)c2)cc1.ClCCl.N#Cc1c(F)cc(O)cc1F. The Hall–Kier alpha value is -5.10. The van der Waals surface area contributed by atoms with Crippen LogP contribution in [0.3, 0.4) is 0 Å². The Balaban J connectivity index is 0.000000794. The molecule has 0 fully saturated rings. The first-order chi connectivity index (χ1) is 25.8. The quantitative estimate of drug-likeness (QED) is 0.0508. The van der Waals surface area contributed by atoms with E-state index in [9.17, 15) is 27.2 Å². The van der Waals surface area contributed by atoms with Gasteiger partial charge in [0, 0.05) is 24.3 Å². The maximum Gasteiger partial charge on any atom is 0.343 e. The number of ether oxygens (including phenoxy) is 1. The third-order valence-electron chi connectivity index (χ3n) is 7.01. The van der Waals surface area contributed by atoms with Crippen molar-refractivity contribution in [1.29, 1.82) is 10.5 Å². The maximum atomic E-state index is 13.5. The summed E-state index contributed by atoms with van der Waals surface area (Å²) in [6.07, 6.45) is 9.01. The number of nitrogens with zero attached hydrogens (tertiary/aromatic N) is 2. The monoisotopic (exact) mass is 790 g/mol. The second kappa shape index (κ2) is 28.4. The molecule has 0 amide bonds. The number of esters is 1. The van der Waals surface area contributed by atoms with E-state index in [1.807, 2.05) is 38.1 Å². The molecule has 0 spiro atoms. The third-order valence-corrected chi connectivity index (χ3v) is 7.01. The van der Waals surface area contributed by atoms with Crippen LogP contribution in [0, 0.1) is 45.9 Å². The van der Waals surface area contributed by atoms with Crippen LogP contribution in [0.1, 0.15) is 109 Å². The molecule has 290 valence electrons. The standard InChI is InChI=1S/C19H17F2NO2.C12H16O2.C7H3F2NO.C2H6.CH2Cl2/c1-2-3-4-5-13-6-8-14(9-7-13)19(23)24-15-10-17(20)16(12-22)18(21)11-15;1-2-3-4-5-10-6-8-11(9-7-10)12(13)14;8-6-1-4(11)2-7(9)5(6)3-10;1-2;2-1-3/h6-11H,2-5H2,1H3;6-9H,2-5H2,1H3,(H,13,14);1-2,11H;1-2H3;1H2. The van der Waals surface area contributed by atoms with Gasteiger partial charge in [0.1, 0.15) is 58.0 Å². The van der Waals surface area contributed by atoms with Gasteiger partial charge in [-0.3, -0.25) is 0 Å². The molecule has 0 bridgehead atoms. The fourth-order valence-electron chi connectivity index (χ4n) is 4.33. The average molecular weight is 792 g/mol. The number of halogens is 6. The number of carbonyl (C=O) groups excluding carboxylic acids is 1. The summed E-state index contributed by atoms with van der Waals surface area (Å²) in [7, 11) is 0. The lowest BCUT2D eigenvalue weighted by Gasteiger charge is -2.07. The number of nitriles is 2. The Morgan fingerprint density at radius 2 is 1.02 bits per heavy atom. The molecular formula is C41H44Cl2F4N2O5. The molecule has 0 atom stereocenters. The number of carbonyl (C=O) groups is 2. The predicted octanol–water partition coefficient (Wildman–Crippen LogP) is 11.9. The van der Waals surface area contributed by atoms with Crippen molar-refractivity contribution in [2.45, 2.75) is 79.1 Å². The first kappa shape index (κ1) is 48.9. The van der Waals surface area contributed by atoms with Gasteiger partial charge in [-0.1, -0.05) is 77.6 Å². The number of carboxylic acid groups (broad SMARTS) is 1. The Morgan fingerprint density at radius 1 is 0.667 bits per heavy atom. The highest BCUT2D eigenvalue weighted by molar-refractivity contribution is 6.40. The molecule has 2 N–H and O–H groups in total. The zero-order valence-electron chi connectivity index (χ0n) is 30.6. The summed E-state index contributed by atoms with van der Waals surface area (Å²) in [4.78, 5) is 22.6. The zero-order chi connectivity index (χ0) is 41.1. The smallest absolute Gasteiger partial charge is 0.343 e. The Labute approximate surface area is 324 Å². The topological polar surface area (TPSA) is 131 Å². The number of alkyl halides is 2. The van der Waals surface area contributed by atoms with Gasteiger partial charge in [0.15, 0.2) is 0 Å². The predicted molar refractivity (Wildman–Crippen MR) is 203 cm³/mol. The van der Waals surface area contributed by atoms with E-state index in [2.05, 4.69) is 13.8 Å². The molecule has 0 aliphatic heterocycles. The second-order valence-corrected chi connectivity index (χ2v) is 11.7.